The second-order valence-electron chi connectivity index (χ2n) is 5.38. The Morgan fingerprint density at radius 2 is 1.65 bits per heavy atom. The molecular weight excluding hydrogens is 290 g/mol. The lowest BCUT2D eigenvalue weighted by Crippen LogP contribution is -2.14. The molecule has 2 rings (SSSR count). The van der Waals surface area contributed by atoms with E-state index < -0.39 is 0 Å². The number of nitrogens with zero attached hydrogens (tertiary/aromatic N) is 1. The topological polar surface area (TPSA) is 61.4 Å². The normalized spacial score (nSPS) is 10.0. The molecule has 0 aliphatic rings. The first-order chi connectivity index (χ1) is 11.0. The molecule has 2 amide bonds. The predicted molar refractivity (Wildman–Crippen MR) is 94.1 cm³/mol. The average Bonchev–Trinajstić information content (AvgIpc) is 2.55. The maximum atomic E-state index is 12.3. The molecule has 0 aliphatic carbocycles. The standard InChI is InChI=1S/C18H21N3O2/c1-4-17(22)19-15-7-5-6-13(12-15)18(23)20-14-8-10-16(11-9-14)21(2)3/h5-12H,4H2,1-3H3,(H,19,22)(H,20,23). The van der Waals surface area contributed by atoms with Crippen LogP contribution in [0, 0.1) is 0 Å². The highest BCUT2D eigenvalue weighted by molar-refractivity contribution is 6.05. The van der Waals surface area contributed by atoms with Gasteiger partial charge in [-0.25, -0.2) is 0 Å². The van der Waals surface area contributed by atoms with Crippen molar-refractivity contribution in [3.05, 3.63) is 54.1 Å². The average molecular weight is 311 g/mol. The van der Waals surface area contributed by atoms with Gasteiger partial charge >= 0.3 is 0 Å². The van der Waals surface area contributed by atoms with Crippen LogP contribution in [0.4, 0.5) is 17.1 Å². The molecule has 0 radical (unpaired) electrons. The smallest absolute Gasteiger partial charge is 0.255 e. The Labute approximate surface area is 136 Å². The number of benzene rings is 2. The van der Waals surface area contributed by atoms with E-state index in [1.54, 1.807) is 31.2 Å². The van der Waals surface area contributed by atoms with Gasteiger partial charge in [-0.2, -0.15) is 0 Å². The molecular formula is C18H21N3O2. The fraction of sp³-hybridized carbons (Fsp3) is 0.222. The van der Waals surface area contributed by atoms with Crippen LogP contribution in [0.1, 0.15) is 23.7 Å². The van der Waals surface area contributed by atoms with Crippen molar-refractivity contribution in [3.8, 4) is 0 Å². The van der Waals surface area contributed by atoms with E-state index in [0.29, 0.717) is 17.7 Å². The van der Waals surface area contributed by atoms with Crippen LogP contribution in [0.5, 0.6) is 0 Å². The van der Waals surface area contributed by atoms with Crippen LogP contribution in [-0.4, -0.2) is 25.9 Å². The Balaban J connectivity index is 2.08. The van der Waals surface area contributed by atoms with Gasteiger partial charge in [0.15, 0.2) is 0 Å². The molecule has 23 heavy (non-hydrogen) atoms. The van der Waals surface area contributed by atoms with E-state index in [4.69, 9.17) is 0 Å². The number of nitrogens with one attached hydrogen (secondary N) is 2. The highest BCUT2D eigenvalue weighted by atomic mass is 16.2. The van der Waals surface area contributed by atoms with Gasteiger partial charge in [-0.15, -0.1) is 0 Å². The molecule has 0 atom stereocenters. The predicted octanol–water partition coefficient (Wildman–Crippen LogP) is 3.35. The van der Waals surface area contributed by atoms with Gasteiger partial charge in [0.05, 0.1) is 0 Å². The van der Waals surface area contributed by atoms with E-state index in [-0.39, 0.29) is 11.8 Å². The van der Waals surface area contributed by atoms with Crippen LogP contribution in [0.2, 0.25) is 0 Å². The zero-order valence-corrected chi connectivity index (χ0v) is 13.6. The summed E-state index contributed by atoms with van der Waals surface area (Å²) in [5, 5.41) is 5.59. The molecule has 120 valence electrons. The van der Waals surface area contributed by atoms with E-state index in [1.165, 1.54) is 0 Å². The molecule has 2 N–H and O–H groups in total. The van der Waals surface area contributed by atoms with E-state index in [1.807, 2.05) is 43.3 Å². The SMILES string of the molecule is CCC(=O)Nc1cccc(C(=O)Nc2ccc(N(C)C)cc2)c1. The number of rotatable bonds is 5. The maximum Gasteiger partial charge on any atom is 0.255 e. The van der Waals surface area contributed by atoms with E-state index in [0.717, 1.165) is 11.4 Å². The first-order valence-corrected chi connectivity index (χ1v) is 7.48. The molecule has 0 spiro atoms. The fourth-order valence-corrected chi connectivity index (χ4v) is 2.03. The zero-order chi connectivity index (χ0) is 16.8. The quantitative estimate of drug-likeness (QED) is 0.890. The zero-order valence-electron chi connectivity index (χ0n) is 13.6. The molecule has 0 saturated heterocycles. The lowest BCUT2D eigenvalue weighted by molar-refractivity contribution is -0.115. The van der Waals surface area contributed by atoms with Crippen LogP contribution < -0.4 is 15.5 Å². The summed E-state index contributed by atoms with van der Waals surface area (Å²) in [4.78, 5) is 25.7. The summed E-state index contributed by atoms with van der Waals surface area (Å²) in [7, 11) is 3.92. The third-order valence-corrected chi connectivity index (χ3v) is 3.37. The highest BCUT2D eigenvalue weighted by Gasteiger charge is 2.08. The second kappa shape index (κ2) is 7.45. The molecule has 0 bridgehead atoms. The summed E-state index contributed by atoms with van der Waals surface area (Å²) in [5.74, 6) is -0.294. The largest absolute Gasteiger partial charge is 0.378 e. The number of hydrogen-bond acceptors (Lipinski definition) is 3. The van der Waals surface area contributed by atoms with Crippen LogP contribution in [-0.2, 0) is 4.79 Å². The summed E-state index contributed by atoms with van der Waals surface area (Å²) in [6, 6.07) is 14.5. The van der Waals surface area contributed by atoms with Crippen molar-refractivity contribution in [3.63, 3.8) is 0 Å². The lowest BCUT2D eigenvalue weighted by atomic mass is 10.1. The number of carbonyl (C=O) groups excluding carboxylic acids is 2. The molecule has 2 aromatic rings. The van der Waals surface area contributed by atoms with Gasteiger partial charge in [0.2, 0.25) is 5.91 Å². The minimum atomic E-state index is -0.213. The van der Waals surface area contributed by atoms with Gasteiger partial charge in [0.1, 0.15) is 0 Å². The number of carbonyl (C=O) groups is 2. The molecule has 5 nitrogen and oxygen atoms in total. The Bertz CT molecular complexity index is 694. The first kappa shape index (κ1) is 16.5. The molecule has 0 heterocycles. The Kier molecular flexibility index (Phi) is 5.36. The Morgan fingerprint density at radius 1 is 0.957 bits per heavy atom. The second-order valence-corrected chi connectivity index (χ2v) is 5.38. The molecule has 5 heteroatoms. The van der Waals surface area contributed by atoms with Crippen LogP contribution in [0.15, 0.2) is 48.5 Å². The minimum absolute atomic E-state index is 0.0816. The summed E-state index contributed by atoms with van der Waals surface area (Å²) < 4.78 is 0. The number of hydrogen-bond donors (Lipinski definition) is 2. The summed E-state index contributed by atoms with van der Waals surface area (Å²) >= 11 is 0. The van der Waals surface area contributed by atoms with Crippen LogP contribution in [0.25, 0.3) is 0 Å². The Hall–Kier alpha value is -2.82. The van der Waals surface area contributed by atoms with Gasteiger partial charge < -0.3 is 15.5 Å². The Morgan fingerprint density at radius 3 is 2.26 bits per heavy atom. The van der Waals surface area contributed by atoms with E-state index >= 15 is 0 Å². The molecule has 0 fully saturated rings. The van der Waals surface area contributed by atoms with Gasteiger partial charge in [-0.1, -0.05) is 13.0 Å². The summed E-state index contributed by atoms with van der Waals surface area (Å²) in [6.45, 7) is 1.78. The van der Waals surface area contributed by atoms with E-state index in [9.17, 15) is 9.59 Å². The number of amides is 2. The number of anilines is 3. The van der Waals surface area contributed by atoms with Crippen molar-refractivity contribution in [1.82, 2.24) is 0 Å². The van der Waals surface area contributed by atoms with Gasteiger partial charge in [-0.05, 0) is 42.5 Å². The first-order valence-electron chi connectivity index (χ1n) is 7.48. The molecule has 0 aromatic heterocycles. The molecule has 0 saturated carbocycles. The maximum absolute atomic E-state index is 12.3. The molecule has 0 aliphatic heterocycles. The summed E-state index contributed by atoms with van der Waals surface area (Å²) in [6.07, 6.45) is 0.397. The third-order valence-electron chi connectivity index (χ3n) is 3.37. The van der Waals surface area contributed by atoms with E-state index in [2.05, 4.69) is 10.6 Å². The van der Waals surface area contributed by atoms with Crippen molar-refractivity contribution in [2.24, 2.45) is 0 Å². The molecule has 2 aromatic carbocycles. The lowest BCUT2D eigenvalue weighted by Gasteiger charge is -2.13. The van der Waals surface area contributed by atoms with Crippen LogP contribution in [0.3, 0.4) is 0 Å². The van der Waals surface area contributed by atoms with Gasteiger partial charge in [-0.3, -0.25) is 9.59 Å². The van der Waals surface area contributed by atoms with Crippen molar-refractivity contribution in [1.29, 1.82) is 0 Å². The van der Waals surface area contributed by atoms with Crippen molar-refractivity contribution in [2.75, 3.05) is 29.6 Å². The third kappa shape index (κ3) is 4.57. The minimum Gasteiger partial charge on any atom is -0.378 e. The highest BCUT2D eigenvalue weighted by Crippen LogP contribution is 2.17. The van der Waals surface area contributed by atoms with Crippen molar-refractivity contribution in [2.45, 2.75) is 13.3 Å². The van der Waals surface area contributed by atoms with Crippen molar-refractivity contribution >= 4 is 28.9 Å². The van der Waals surface area contributed by atoms with Gasteiger partial charge in [0, 0.05) is 43.1 Å². The molecule has 0 unspecified atom stereocenters. The fourth-order valence-electron chi connectivity index (χ4n) is 2.03. The monoisotopic (exact) mass is 311 g/mol. The van der Waals surface area contributed by atoms with Crippen molar-refractivity contribution < 1.29 is 9.59 Å². The summed E-state index contributed by atoms with van der Waals surface area (Å²) in [5.41, 5.74) is 2.90. The van der Waals surface area contributed by atoms with Gasteiger partial charge in [0.25, 0.3) is 5.91 Å². The van der Waals surface area contributed by atoms with Crippen LogP contribution >= 0.6 is 0 Å².